The molecule has 3 aromatic carbocycles. The SMILES string of the molecule is Cc1c(Cl)cccc1NC(=O)c1cc(NS(=O)(=O)c2ccccc2)ccc1Cl. The minimum atomic E-state index is -3.78. The van der Waals surface area contributed by atoms with Crippen LogP contribution < -0.4 is 10.0 Å². The molecule has 0 aliphatic carbocycles. The smallest absolute Gasteiger partial charge is 0.261 e. The fourth-order valence-electron chi connectivity index (χ4n) is 2.51. The third-order valence-electron chi connectivity index (χ3n) is 4.03. The Kier molecular flexibility index (Phi) is 5.93. The zero-order valence-electron chi connectivity index (χ0n) is 14.7. The van der Waals surface area contributed by atoms with Crippen LogP contribution in [0.1, 0.15) is 15.9 Å². The molecule has 2 N–H and O–H groups in total. The van der Waals surface area contributed by atoms with E-state index in [2.05, 4.69) is 10.0 Å². The van der Waals surface area contributed by atoms with Crippen LogP contribution in [0.4, 0.5) is 11.4 Å². The second-order valence-electron chi connectivity index (χ2n) is 5.98. The Morgan fingerprint density at radius 2 is 1.61 bits per heavy atom. The van der Waals surface area contributed by atoms with E-state index in [0.29, 0.717) is 10.7 Å². The number of sulfonamides is 1. The maximum absolute atomic E-state index is 12.7. The Bertz CT molecular complexity index is 1130. The number of benzene rings is 3. The lowest BCUT2D eigenvalue weighted by molar-refractivity contribution is 0.102. The number of rotatable bonds is 5. The van der Waals surface area contributed by atoms with E-state index in [1.807, 2.05) is 0 Å². The molecule has 0 unspecified atom stereocenters. The Morgan fingerprint density at radius 3 is 2.32 bits per heavy atom. The first-order valence-electron chi connectivity index (χ1n) is 8.22. The predicted molar refractivity (Wildman–Crippen MR) is 113 cm³/mol. The summed E-state index contributed by atoms with van der Waals surface area (Å²) in [5.41, 5.74) is 1.62. The molecule has 28 heavy (non-hydrogen) atoms. The third-order valence-corrected chi connectivity index (χ3v) is 6.17. The molecule has 0 aliphatic heterocycles. The van der Waals surface area contributed by atoms with Gasteiger partial charge in [-0.15, -0.1) is 0 Å². The van der Waals surface area contributed by atoms with Gasteiger partial charge in [-0.3, -0.25) is 9.52 Å². The monoisotopic (exact) mass is 434 g/mol. The highest BCUT2D eigenvalue weighted by Gasteiger charge is 2.17. The van der Waals surface area contributed by atoms with E-state index >= 15 is 0 Å². The van der Waals surface area contributed by atoms with Crippen LogP contribution >= 0.6 is 23.2 Å². The summed E-state index contributed by atoms with van der Waals surface area (Å²) in [6.45, 7) is 1.78. The van der Waals surface area contributed by atoms with Crippen molar-refractivity contribution in [2.24, 2.45) is 0 Å². The second kappa shape index (κ2) is 8.22. The summed E-state index contributed by atoms with van der Waals surface area (Å²) in [7, 11) is -3.78. The Balaban J connectivity index is 1.87. The second-order valence-corrected chi connectivity index (χ2v) is 8.48. The van der Waals surface area contributed by atoms with Crippen molar-refractivity contribution in [2.75, 3.05) is 10.0 Å². The number of carbonyl (C=O) groups excluding carboxylic acids is 1. The van der Waals surface area contributed by atoms with Crippen molar-refractivity contribution in [2.45, 2.75) is 11.8 Å². The molecule has 0 saturated heterocycles. The van der Waals surface area contributed by atoms with E-state index in [0.717, 1.165) is 5.56 Å². The summed E-state index contributed by atoms with van der Waals surface area (Å²) >= 11 is 12.2. The summed E-state index contributed by atoms with van der Waals surface area (Å²) in [5.74, 6) is -0.476. The molecule has 0 aromatic heterocycles. The van der Waals surface area contributed by atoms with Gasteiger partial charge in [-0.1, -0.05) is 47.5 Å². The fourth-order valence-corrected chi connectivity index (χ4v) is 3.96. The van der Waals surface area contributed by atoms with Crippen molar-refractivity contribution in [3.63, 3.8) is 0 Å². The highest BCUT2D eigenvalue weighted by molar-refractivity contribution is 7.92. The molecule has 0 atom stereocenters. The van der Waals surface area contributed by atoms with Crippen LogP contribution in [0.2, 0.25) is 10.0 Å². The molecule has 0 heterocycles. The number of nitrogens with one attached hydrogen (secondary N) is 2. The van der Waals surface area contributed by atoms with Gasteiger partial charge in [0.2, 0.25) is 0 Å². The number of hydrogen-bond acceptors (Lipinski definition) is 3. The highest BCUT2D eigenvalue weighted by atomic mass is 35.5. The molecule has 3 aromatic rings. The van der Waals surface area contributed by atoms with Gasteiger partial charge in [0.05, 0.1) is 15.5 Å². The maximum Gasteiger partial charge on any atom is 0.261 e. The summed E-state index contributed by atoms with van der Waals surface area (Å²) < 4.78 is 27.4. The molecule has 5 nitrogen and oxygen atoms in total. The zero-order valence-corrected chi connectivity index (χ0v) is 17.1. The molecule has 1 amide bonds. The normalized spacial score (nSPS) is 11.1. The molecule has 0 saturated carbocycles. The molecule has 0 spiro atoms. The van der Waals surface area contributed by atoms with Gasteiger partial charge in [0.1, 0.15) is 0 Å². The van der Waals surface area contributed by atoms with E-state index in [4.69, 9.17) is 23.2 Å². The van der Waals surface area contributed by atoms with Gasteiger partial charge in [-0.2, -0.15) is 0 Å². The van der Waals surface area contributed by atoms with Gasteiger partial charge in [0.15, 0.2) is 0 Å². The first-order chi connectivity index (χ1) is 13.3. The van der Waals surface area contributed by atoms with E-state index in [9.17, 15) is 13.2 Å². The summed E-state index contributed by atoms with van der Waals surface area (Å²) in [4.78, 5) is 12.8. The topological polar surface area (TPSA) is 75.3 Å². The van der Waals surface area contributed by atoms with Crippen molar-refractivity contribution in [3.05, 3.63) is 87.9 Å². The van der Waals surface area contributed by atoms with Crippen molar-refractivity contribution in [1.29, 1.82) is 0 Å². The average Bonchev–Trinajstić information content (AvgIpc) is 2.67. The van der Waals surface area contributed by atoms with Crippen molar-refractivity contribution < 1.29 is 13.2 Å². The fraction of sp³-hybridized carbons (Fsp3) is 0.0500. The minimum Gasteiger partial charge on any atom is -0.322 e. The van der Waals surface area contributed by atoms with Gasteiger partial charge in [-0.05, 0) is 55.0 Å². The first kappa shape index (κ1) is 20.2. The molecular weight excluding hydrogens is 419 g/mol. The average molecular weight is 435 g/mol. The lowest BCUT2D eigenvalue weighted by atomic mass is 10.1. The summed E-state index contributed by atoms with van der Waals surface area (Å²) in [6.07, 6.45) is 0. The Hall–Kier alpha value is -2.54. The van der Waals surface area contributed by atoms with Crippen LogP contribution in [0, 0.1) is 6.92 Å². The van der Waals surface area contributed by atoms with Crippen LogP contribution in [0.25, 0.3) is 0 Å². The van der Waals surface area contributed by atoms with Crippen LogP contribution in [-0.2, 0) is 10.0 Å². The molecular formula is C20H16Cl2N2O3S. The molecule has 8 heteroatoms. The van der Waals surface area contributed by atoms with E-state index < -0.39 is 15.9 Å². The van der Waals surface area contributed by atoms with E-state index in [1.165, 1.54) is 30.3 Å². The Labute approximate surface area is 173 Å². The van der Waals surface area contributed by atoms with E-state index in [1.54, 1.807) is 43.3 Å². The molecule has 0 bridgehead atoms. The number of anilines is 2. The number of amides is 1. The largest absolute Gasteiger partial charge is 0.322 e. The lowest BCUT2D eigenvalue weighted by Crippen LogP contribution is -2.16. The zero-order chi connectivity index (χ0) is 20.3. The minimum absolute atomic E-state index is 0.116. The van der Waals surface area contributed by atoms with Crippen LogP contribution in [-0.4, -0.2) is 14.3 Å². The highest BCUT2D eigenvalue weighted by Crippen LogP contribution is 2.26. The van der Waals surface area contributed by atoms with Crippen molar-refractivity contribution in [3.8, 4) is 0 Å². The molecule has 0 aliphatic rings. The number of hydrogen-bond donors (Lipinski definition) is 2. The molecule has 144 valence electrons. The lowest BCUT2D eigenvalue weighted by Gasteiger charge is -2.13. The van der Waals surface area contributed by atoms with Gasteiger partial charge < -0.3 is 5.32 Å². The van der Waals surface area contributed by atoms with Gasteiger partial charge >= 0.3 is 0 Å². The third kappa shape index (κ3) is 4.47. The molecule has 0 radical (unpaired) electrons. The first-order valence-corrected chi connectivity index (χ1v) is 10.5. The maximum atomic E-state index is 12.7. The summed E-state index contributed by atoms with van der Waals surface area (Å²) in [6, 6.07) is 17.4. The van der Waals surface area contributed by atoms with Crippen molar-refractivity contribution in [1.82, 2.24) is 0 Å². The molecule has 3 rings (SSSR count). The van der Waals surface area contributed by atoms with Crippen LogP contribution in [0.3, 0.4) is 0 Å². The number of halogens is 2. The standard InChI is InChI=1S/C20H16Cl2N2O3S/c1-13-17(21)8-5-9-19(13)23-20(25)16-12-14(10-11-18(16)22)24-28(26,27)15-6-3-2-4-7-15/h2-12,24H,1H3,(H,23,25). The van der Waals surface area contributed by atoms with Crippen molar-refractivity contribution >= 4 is 50.5 Å². The van der Waals surface area contributed by atoms with Gasteiger partial charge in [-0.25, -0.2) is 8.42 Å². The quantitative estimate of drug-likeness (QED) is 0.567. The predicted octanol–water partition coefficient (Wildman–Crippen LogP) is 5.35. The van der Waals surface area contributed by atoms with Crippen LogP contribution in [0.5, 0.6) is 0 Å². The Morgan fingerprint density at radius 1 is 0.893 bits per heavy atom. The van der Waals surface area contributed by atoms with Gasteiger partial charge in [0, 0.05) is 16.4 Å². The number of carbonyl (C=O) groups is 1. The summed E-state index contributed by atoms with van der Waals surface area (Å²) in [5, 5.41) is 3.46. The van der Waals surface area contributed by atoms with Crippen LogP contribution in [0.15, 0.2) is 71.6 Å². The molecule has 0 fully saturated rings. The van der Waals surface area contributed by atoms with Gasteiger partial charge in [0.25, 0.3) is 15.9 Å². The van der Waals surface area contributed by atoms with E-state index in [-0.39, 0.29) is 21.2 Å².